The molecular weight excluding hydrogens is 222 g/mol. The lowest BCUT2D eigenvalue weighted by Crippen LogP contribution is -2.30. The summed E-state index contributed by atoms with van der Waals surface area (Å²) in [6.07, 6.45) is 6.31. The fourth-order valence-corrected chi connectivity index (χ4v) is 2.74. The van der Waals surface area contributed by atoms with Gasteiger partial charge in [-0.15, -0.1) is 0 Å². The summed E-state index contributed by atoms with van der Waals surface area (Å²) >= 11 is 0. The zero-order chi connectivity index (χ0) is 13.0. The Morgan fingerprint density at radius 2 is 1.94 bits per heavy atom. The highest BCUT2D eigenvalue weighted by atomic mass is 16.5. The molecule has 1 aromatic carbocycles. The molecule has 0 radical (unpaired) electrons. The maximum absolute atomic E-state index is 6.22. The molecule has 2 nitrogen and oxygen atoms in total. The highest BCUT2D eigenvalue weighted by Gasteiger charge is 2.21. The van der Waals surface area contributed by atoms with Crippen molar-refractivity contribution in [2.24, 2.45) is 11.7 Å². The minimum absolute atomic E-state index is 0.319. The van der Waals surface area contributed by atoms with Gasteiger partial charge in [0.15, 0.2) is 0 Å². The lowest BCUT2D eigenvalue weighted by Gasteiger charge is -2.18. The molecule has 0 aliphatic heterocycles. The molecule has 0 saturated heterocycles. The van der Waals surface area contributed by atoms with E-state index in [1.54, 1.807) is 0 Å². The molecule has 0 heterocycles. The number of hydrogen-bond acceptors (Lipinski definition) is 2. The lowest BCUT2D eigenvalue weighted by atomic mass is 9.97. The summed E-state index contributed by atoms with van der Waals surface area (Å²) in [5.41, 5.74) is 8.81. The Balaban J connectivity index is 1.75. The summed E-state index contributed by atoms with van der Waals surface area (Å²) < 4.78 is 5.79. The van der Waals surface area contributed by atoms with Gasteiger partial charge in [0.25, 0.3) is 0 Å². The topological polar surface area (TPSA) is 35.2 Å². The third-order valence-corrected chi connectivity index (χ3v) is 4.20. The van der Waals surface area contributed by atoms with Gasteiger partial charge in [0.1, 0.15) is 5.75 Å². The first-order valence-corrected chi connectivity index (χ1v) is 7.12. The molecule has 0 spiro atoms. The summed E-state index contributed by atoms with van der Waals surface area (Å²) in [6, 6.07) is 6.58. The van der Waals surface area contributed by atoms with Crippen molar-refractivity contribution in [1.82, 2.24) is 0 Å². The normalized spacial score (nSPS) is 17.9. The Labute approximate surface area is 111 Å². The third-order valence-electron chi connectivity index (χ3n) is 4.20. The molecule has 1 atom stereocenters. The van der Waals surface area contributed by atoms with Crippen molar-refractivity contribution in [1.29, 1.82) is 0 Å². The van der Waals surface area contributed by atoms with Gasteiger partial charge in [-0.2, -0.15) is 0 Å². The SMILES string of the molecule is Cc1ccc(OCCC(N)C2CCCC2)cc1C. The molecule has 2 rings (SSSR count). The van der Waals surface area contributed by atoms with E-state index in [0.717, 1.165) is 24.7 Å². The van der Waals surface area contributed by atoms with E-state index in [2.05, 4.69) is 26.0 Å². The van der Waals surface area contributed by atoms with Crippen LogP contribution in [0.4, 0.5) is 0 Å². The van der Waals surface area contributed by atoms with Gasteiger partial charge in [-0.1, -0.05) is 18.9 Å². The Kier molecular flexibility index (Phi) is 4.65. The summed E-state index contributed by atoms with van der Waals surface area (Å²) in [5, 5.41) is 0. The average Bonchev–Trinajstić information content (AvgIpc) is 2.87. The van der Waals surface area contributed by atoms with Crippen molar-refractivity contribution >= 4 is 0 Å². The van der Waals surface area contributed by atoms with Gasteiger partial charge in [-0.05, 0) is 62.3 Å². The molecule has 18 heavy (non-hydrogen) atoms. The molecule has 2 N–H and O–H groups in total. The summed E-state index contributed by atoms with van der Waals surface area (Å²) in [6.45, 7) is 4.97. The average molecular weight is 247 g/mol. The Bertz CT molecular complexity index is 383. The number of benzene rings is 1. The highest BCUT2D eigenvalue weighted by Crippen LogP contribution is 2.28. The fourth-order valence-electron chi connectivity index (χ4n) is 2.74. The molecule has 1 unspecified atom stereocenters. The van der Waals surface area contributed by atoms with Gasteiger partial charge in [0.2, 0.25) is 0 Å². The molecule has 0 bridgehead atoms. The molecule has 100 valence electrons. The Morgan fingerprint density at radius 1 is 1.22 bits per heavy atom. The van der Waals surface area contributed by atoms with E-state index in [0.29, 0.717) is 6.04 Å². The van der Waals surface area contributed by atoms with E-state index in [1.807, 2.05) is 6.07 Å². The number of aryl methyl sites for hydroxylation is 2. The summed E-state index contributed by atoms with van der Waals surface area (Å²) in [7, 11) is 0. The molecule has 1 saturated carbocycles. The second-order valence-electron chi connectivity index (χ2n) is 5.59. The van der Waals surface area contributed by atoms with Gasteiger partial charge in [-0.25, -0.2) is 0 Å². The number of hydrogen-bond donors (Lipinski definition) is 1. The van der Waals surface area contributed by atoms with Gasteiger partial charge >= 0.3 is 0 Å². The minimum Gasteiger partial charge on any atom is -0.494 e. The van der Waals surface area contributed by atoms with E-state index in [9.17, 15) is 0 Å². The van der Waals surface area contributed by atoms with Gasteiger partial charge < -0.3 is 10.5 Å². The maximum Gasteiger partial charge on any atom is 0.119 e. The standard InChI is InChI=1S/C16H25NO/c1-12-7-8-15(11-13(12)2)18-10-9-16(17)14-5-3-4-6-14/h7-8,11,14,16H,3-6,9-10,17H2,1-2H3. The molecule has 1 fully saturated rings. The lowest BCUT2D eigenvalue weighted by molar-refractivity contribution is 0.274. The molecule has 0 aromatic heterocycles. The van der Waals surface area contributed by atoms with Crippen LogP contribution >= 0.6 is 0 Å². The van der Waals surface area contributed by atoms with Crippen molar-refractivity contribution in [3.05, 3.63) is 29.3 Å². The zero-order valence-electron chi connectivity index (χ0n) is 11.6. The van der Waals surface area contributed by atoms with Gasteiger partial charge in [0.05, 0.1) is 6.61 Å². The van der Waals surface area contributed by atoms with Crippen LogP contribution in [0.1, 0.15) is 43.2 Å². The van der Waals surface area contributed by atoms with Gasteiger partial charge in [-0.3, -0.25) is 0 Å². The van der Waals surface area contributed by atoms with E-state index >= 15 is 0 Å². The van der Waals surface area contributed by atoms with Crippen LogP contribution in [0.15, 0.2) is 18.2 Å². The van der Waals surface area contributed by atoms with Crippen molar-refractivity contribution < 1.29 is 4.74 Å². The maximum atomic E-state index is 6.22. The van der Waals surface area contributed by atoms with Gasteiger partial charge in [0, 0.05) is 6.04 Å². The van der Waals surface area contributed by atoms with E-state index in [4.69, 9.17) is 10.5 Å². The summed E-state index contributed by atoms with van der Waals surface area (Å²) in [5.74, 6) is 1.70. The fraction of sp³-hybridized carbons (Fsp3) is 0.625. The summed E-state index contributed by atoms with van der Waals surface area (Å²) in [4.78, 5) is 0. The first-order valence-electron chi connectivity index (χ1n) is 7.12. The van der Waals surface area contributed by atoms with Crippen LogP contribution in [0.5, 0.6) is 5.75 Å². The quantitative estimate of drug-likeness (QED) is 0.863. The van der Waals surface area contributed by atoms with E-state index in [1.165, 1.54) is 36.8 Å². The highest BCUT2D eigenvalue weighted by molar-refractivity contribution is 5.33. The molecule has 2 heteroatoms. The van der Waals surface area contributed by atoms with Crippen LogP contribution in [-0.2, 0) is 0 Å². The van der Waals surface area contributed by atoms with Crippen LogP contribution in [0.25, 0.3) is 0 Å². The zero-order valence-corrected chi connectivity index (χ0v) is 11.6. The van der Waals surface area contributed by atoms with Crippen LogP contribution in [0, 0.1) is 19.8 Å². The molecule has 0 amide bonds. The van der Waals surface area contributed by atoms with Crippen molar-refractivity contribution in [2.75, 3.05) is 6.61 Å². The monoisotopic (exact) mass is 247 g/mol. The number of ether oxygens (including phenoxy) is 1. The van der Waals surface area contributed by atoms with E-state index < -0.39 is 0 Å². The minimum atomic E-state index is 0.319. The molecule has 1 aliphatic carbocycles. The predicted octanol–water partition coefficient (Wildman–Crippen LogP) is 3.59. The smallest absolute Gasteiger partial charge is 0.119 e. The van der Waals surface area contributed by atoms with Crippen LogP contribution < -0.4 is 10.5 Å². The Hall–Kier alpha value is -1.02. The van der Waals surface area contributed by atoms with E-state index in [-0.39, 0.29) is 0 Å². The van der Waals surface area contributed by atoms with Crippen LogP contribution in [-0.4, -0.2) is 12.6 Å². The van der Waals surface area contributed by atoms with Crippen LogP contribution in [0.2, 0.25) is 0 Å². The number of nitrogens with two attached hydrogens (primary N) is 1. The molecule has 1 aromatic rings. The second-order valence-corrected chi connectivity index (χ2v) is 5.59. The first kappa shape index (κ1) is 13.4. The Morgan fingerprint density at radius 3 is 2.61 bits per heavy atom. The number of rotatable bonds is 5. The molecule has 1 aliphatic rings. The first-order chi connectivity index (χ1) is 8.66. The predicted molar refractivity (Wildman–Crippen MR) is 76.0 cm³/mol. The second kappa shape index (κ2) is 6.24. The van der Waals surface area contributed by atoms with Crippen molar-refractivity contribution in [3.63, 3.8) is 0 Å². The largest absolute Gasteiger partial charge is 0.494 e. The molecular formula is C16H25NO. The van der Waals surface area contributed by atoms with Crippen LogP contribution in [0.3, 0.4) is 0 Å². The third kappa shape index (κ3) is 3.49. The van der Waals surface area contributed by atoms with Crippen molar-refractivity contribution in [2.45, 2.75) is 52.0 Å². The van der Waals surface area contributed by atoms with Crippen molar-refractivity contribution in [3.8, 4) is 5.75 Å².